The number of carbonyl (C=O) groups excluding carboxylic acids is 2. The Morgan fingerprint density at radius 2 is 1.39 bits per heavy atom. The van der Waals surface area contributed by atoms with E-state index in [2.05, 4.69) is 34.6 Å². The van der Waals surface area contributed by atoms with Gasteiger partial charge < -0.3 is 14.2 Å². The monoisotopic (exact) mass is 572 g/mol. The van der Waals surface area contributed by atoms with Crippen molar-refractivity contribution in [1.82, 2.24) is 0 Å². The fraction of sp³-hybridized carbons (Fsp3) is 0.778. The third-order valence-corrected chi connectivity index (χ3v) is 8.76. The number of carbonyl (C=O) groups is 2. The topological polar surface area (TPSA) is 61.8 Å². The molecule has 0 bridgehead atoms. The second-order valence-electron chi connectivity index (χ2n) is 14.7. The minimum Gasteiger partial charge on any atom is -0.487 e. The molecule has 1 aromatic carbocycles. The van der Waals surface area contributed by atoms with Crippen molar-refractivity contribution in [2.75, 3.05) is 0 Å². The van der Waals surface area contributed by atoms with Crippen molar-refractivity contribution in [2.24, 2.45) is 17.8 Å². The lowest BCUT2D eigenvalue weighted by atomic mass is 9.83. The Hall–Kier alpha value is -2.04. The minimum atomic E-state index is -0.640. The van der Waals surface area contributed by atoms with E-state index in [1.807, 2.05) is 20.8 Å². The van der Waals surface area contributed by atoms with Crippen molar-refractivity contribution in [3.63, 3.8) is 0 Å². The Labute approximate surface area is 251 Å². The van der Waals surface area contributed by atoms with E-state index in [-0.39, 0.29) is 5.60 Å². The molecule has 5 nitrogen and oxygen atoms in total. The van der Waals surface area contributed by atoms with Crippen LogP contribution in [0.3, 0.4) is 0 Å². The maximum absolute atomic E-state index is 12.6. The Balaban J connectivity index is 1.90. The first-order chi connectivity index (χ1) is 19.0. The average molecular weight is 573 g/mol. The summed E-state index contributed by atoms with van der Waals surface area (Å²) in [7, 11) is 0. The van der Waals surface area contributed by atoms with Crippen LogP contribution in [-0.4, -0.2) is 23.1 Å². The van der Waals surface area contributed by atoms with Crippen LogP contribution in [0.4, 0.5) is 0 Å². The Morgan fingerprint density at radius 1 is 0.829 bits per heavy atom. The molecule has 3 atom stereocenters. The lowest BCUT2D eigenvalue weighted by Crippen LogP contribution is -2.37. The molecule has 0 aliphatic carbocycles. The fourth-order valence-electron chi connectivity index (χ4n) is 6.06. The standard InChI is InChI=1S/C36H60O5/c1-24(2)15-12-16-25(3)17-13-18-26(4)19-14-21-36(11)22-20-30-29(7)33(27(5)28(6)34(30)41-36)39-31(37)23-32(38)40-35(8,9)10/h24-26H,12-23H2,1-11H3/t25-,26+,36-/m0/s1. The lowest BCUT2D eigenvalue weighted by Gasteiger charge is -2.38. The zero-order valence-electron chi connectivity index (χ0n) is 28.3. The highest BCUT2D eigenvalue weighted by Crippen LogP contribution is 2.45. The van der Waals surface area contributed by atoms with Crippen molar-refractivity contribution >= 4 is 11.9 Å². The van der Waals surface area contributed by atoms with Gasteiger partial charge in [0.25, 0.3) is 0 Å². The van der Waals surface area contributed by atoms with Gasteiger partial charge in [0.2, 0.25) is 0 Å². The van der Waals surface area contributed by atoms with Gasteiger partial charge in [-0.15, -0.1) is 0 Å². The first-order valence-electron chi connectivity index (χ1n) is 16.3. The molecular weight excluding hydrogens is 512 g/mol. The number of hydrogen-bond acceptors (Lipinski definition) is 5. The number of hydrogen-bond donors (Lipinski definition) is 0. The van der Waals surface area contributed by atoms with Crippen LogP contribution in [0.1, 0.15) is 148 Å². The third kappa shape index (κ3) is 11.6. The highest BCUT2D eigenvalue weighted by atomic mass is 16.6. The summed E-state index contributed by atoms with van der Waals surface area (Å²) in [6.45, 7) is 23.0. The normalized spacial score (nSPS) is 18.4. The van der Waals surface area contributed by atoms with Crippen molar-refractivity contribution in [2.45, 2.75) is 164 Å². The number of ether oxygens (including phenoxy) is 3. The molecule has 0 aromatic heterocycles. The second kappa shape index (κ2) is 15.4. The molecule has 0 radical (unpaired) electrons. The van der Waals surface area contributed by atoms with Crippen LogP contribution in [0.2, 0.25) is 0 Å². The minimum absolute atomic E-state index is 0.184. The summed E-state index contributed by atoms with van der Waals surface area (Å²) >= 11 is 0. The first-order valence-corrected chi connectivity index (χ1v) is 16.3. The SMILES string of the molecule is Cc1c(C)c2c(c(C)c1OC(=O)CC(=O)OC(C)(C)C)CC[C@](C)(CCC[C@H](C)CCC[C@@H](C)CCCC(C)C)O2. The summed E-state index contributed by atoms with van der Waals surface area (Å²) in [6.07, 6.45) is 13.0. The summed E-state index contributed by atoms with van der Waals surface area (Å²) in [5.74, 6) is 2.74. The quantitative estimate of drug-likeness (QED) is 0.119. The van der Waals surface area contributed by atoms with Crippen LogP contribution in [-0.2, 0) is 20.7 Å². The summed E-state index contributed by atoms with van der Waals surface area (Å²) in [5.41, 5.74) is 3.11. The Morgan fingerprint density at radius 3 is 1.95 bits per heavy atom. The maximum atomic E-state index is 12.6. The molecule has 5 heteroatoms. The maximum Gasteiger partial charge on any atom is 0.322 e. The summed E-state index contributed by atoms with van der Waals surface area (Å²) in [5, 5.41) is 0. The molecule has 0 N–H and O–H groups in total. The average Bonchev–Trinajstić information content (AvgIpc) is 2.83. The molecule has 234 valence electrons. The molecule has 0 saturated carbocycles. The Kier molecular flexibility index (Phi) is 13.2. The number of benzene rings is 1. The molecule has 1 aliphatic heterocycles. The number of fused-ring (bicyclic) bond motifs is 1. The molecule has 0 fully saturated rings. The van der Waals surface area contributed by atoms with Gasteiger partial charge in [0.1, 0.15) is 29.1 Å². The van der Waals surface area contributed by atoms with E-state index in [0.29, 0.717) is 5.75 Å². The zero-order valence-corrected chi connectivity index (χ0v) is 28.3. The molecule has 1 aromatic rings. The van der Waals surface area contributed by atoms with Gasteiger partial charge in [0.15, 0.2) is 0 Å². The van der Waals surface area contributed by atoms with Gasteiger partial charge in [-0.3, -0.25) is 9.59 Å². The van der Waals surface area contributed by atoms with Crippen molar-refractivity contribution < 1.29 is 23.8 Å². The third-order valence-electron chi connectivity index (χ3n) is 8.76. The van der Waals surface area contributed by atoms with E-state index in [1.54, 1.807) is 20.8 Å². The predicted molar refractivity (Wildman–Crippen MR) is 169 cm³/mol. The van der Waals surface area contributed by atoms with Gasteiger partial charge in [-0.1, -0.05) is 72.6 Å². The van der Waals surface area contributed by atoms with E-state index in [9.17, 15) is 9.59 Å². The van der Waals surface area contributed by atoms with Gasteiger partial charge in [0, 0.05) is 5.56 Å². The molecule has 0 amide bonds. The van der Waals surface area contributed by atoms with E-state index in [1.165, 1.54) is 51.4 Å². The van der Waals surface area contributed by atoms with E-state index >= 15 is 0 Å². The zero-order chi connectivity index (χ0) is 31.0. The number of rotatable bonds is 15. The second-order valence-corrected chi connectivity index (χ2v) is 14.7. The number of esters is 2. The molecule has 41 heavy (non-hydrogen) atoms. The highest BCUT2D eigenvalue weighted by Gasteiger charge is 2.35. The first kappa shape index (κ1) is 35.2. The van der Waals surface area contributed by atoms with Gasteiger partial charge in [0.05, 0.1) is 0 Å². The van der Waals surface area contributed by atoms with Gasteiger partial charge in [-0.2, -0.15) is 0 Å². The van der Waals surface area contributed by atoms with Crippen LogP contribution in [0.5, 0.6) is 11.5 Å². The van der Waals surface area contributed by atoms with Crippen LogP contribution in [0, 0.1) is 38.5 Å². The summed E-state index contributed by atoms with van der Waals surface area (Å²) < 4.78 is 17.7. The molecule has 0 saturated heterocycles. The lowest BCUT2D eigenvalue weighted by molar-refractivity contribution is -0.158. The molecule has 0 spiro atoms. The van der Waals surface area contributed by atoms with Crippen LogP contribution in [0.15, 0.2) is 0 Å². The highest BCUT2D eigenvalue weighted by molar-refractivity contribution is 5.92. The fourth-order valence-corrected chi connectivity index (χ4v) is 6.06. The Bertz CT molecular complexity index is 1020. The largest absolute Gasteiger partial charge is 0.487 e. The van der Waals surface area contributed by atoms with Gasteiger partial charge in [-0.25, -0.2) is 0 Å². The molecular formula is C36H60O5. The van der Waals surface area contributed by atoms with E-state index in [0.717, 1.165) is 65.0 Å². The van der Waals surface area contributed by atoms with Crippen molar-refractivity contribution in [1.29, 1.82) is 0 Å². The van der Waals surface area contributed by atoms with Gasteiger partial charge >= 0.3 is 11.9 Å². The molecule has 2 rings (SSSR count). The molecule has 1 heterocycles. The summed E-state index contributed by atoms with van der Waals surface area (Å²) in [4.78, 5) is 24.7. The van der Waals surface area contributed by atoms with E-state index in [4.69, 9.17) is 14.2 Å². The predicted octanol–water partition coefficient (Wildman–Crippen LogP) is 9.77. The van der Waals surface area contributed by atoms with Crippen LogP contribution >= 0.6 is 0 Å². The van der Waals surface area contributed by atoms with E-state index < -0.39 is 24.0 Å². The van der Waals surface area contributed by atoms with Crippen LogP contribution in [0.25, 0.3) is 0 Å². The molecule has 0 unspecified atom stereocenters. The van der Waals surface area contributed by atoms with Crippen molar-refractivity contribution in [3.05, 3.63) is 22.3 Å². The smallest absolute Gasteiger partial charge is 0.322 e. The summed E-state index contributed by atoms with van der Waals surface area (Å²) in [6, 6.07) is 0. The molecule has 1 aliphatic rings. The van der Waals surface area contributed by atoms with Crippen LogP contribution < -0.4 is 9.47 Å². The van der Waals surface area contributed by atoms with Crippen molar-refractivity contribution in [3.8, 4) is 11.5 Å². The van der Waals surface area contributed by atoms with Gasteiger partial charge in [-0.05, 0) is 109 Å².